The largest absolute Gasteiger partial charge is 0.507 e. The summed E-state index contributed by atoms with van der Waals surface area (Å²) < 4.78 is 0. The molecule has 0 bridgehead atoms. The molecule has 1 amide bonds. The summed E-state index contributed by atoms with van der Waals surface area (Å²) in [5.41, 5.74) is 14.8. The second-order valence-corrected chi connectivity index (χ2v) is 7.01. The van der Waals surface area contributed by atoms with E-state index in [0.717, 1.165) is 11.4 Å². The van der Waals surface area contributed by atoms with Gasteiger partial charge in [0.2, 0.25) is 0 Å². The van der Waals surface area contributed by atoms with Crippen LogP contribution in [0.4, 0.5) is 0 Å². The van der Waals surface area contributed by atoms with Crippen molar-refractivity contribution < 1.29 is 9.90 Å². The van der Waals surface area contributed by atoms with Crippen molar-refractivity contribution in [3.8, 4) is 5.75 Å². The van der Waals surface area contributed by atoms with Gasteiger partial charge in [0.15, 0.2) is 0 Å². The number of carbonyl (C=O) groups is 1. The lowest BCUT2D eigenvalue weighted by atomic mass is 10.1. The van der Waals surface area contributed by atoms with Gasteiger partial charge in [0, 0.05) is 37.4 Å². The van der Waals surface area contributed by atoms with Crippen LogP contribution in [0.3, 0.4) is 0 Å². The minimum atomic E-state index is -0.102. The Morgan fingerprint density at radius 1 is 1.24 bits per heavy atom. The molecule has 1 saturated heterocycles. The van der Waals surface area contributed by atoms with E-state index in [0.29, 0.717) is 36.7 Å². The average molecular weight is 393 g/mol. The maximum absolute atomic E-state index is 12.8. The lowest BCUT2D eigenvalue weighted by molar-refractivity contribution is 0.0539. The van der Waals surface area contributed by atoms with Gasteiger partial charge in [0.25, 0.3) is 5.91 Å². The van der Waals surface area contributed by atoms with Crippen molar-refractivity contribution in [1.82, 2.24) is 30.6 Å². The summed E-state index contributed by atoms with van der Waals surface area (Å²) in [7, 11) is 0. The summed E-state index contributed by atoms with van der Waals surface area (Å²) in [6, 6.07) is 8.70. The van der Waals surface area contributed by atoms with E-state index in [1.807, 2.05) is 30.0 Å². The normalized spacial score (nSPS) is 19.3. The van der Waals surface area contributed by atoms with E-state index >= 15 is 0 Å². The van der Waals surface area contributed by atoms with Crippen molar-refractivity contribution in [3.63, 3.8) is 0 Å². The van der Waals surface area contributed by atoms with Gasteiger partial charge in [-0.05, 0) is 31.2 Å². The SMILES string of the molecule is CC1CN(C2=C(N)NNC(c3ccccc3O)=C2)CCN1C(=O)c1ccncn1. The van der Waals surface area contributed by atoms with Crippen molar-refractivity contribution in [3.05, 3.63) is 71.7 Å². The number of hydrazine groups is 1. The number of para-hydroxylation sites is 1. The van der Waals surface area contributed by atoms with Gasteiger partial charge in [-0.3, -0.25) is 15.6 Å². The minimum absolute atomic E-state index is 0.0246. The van der Waals surface area contributed by atoms with Crippen LogP contribution in [0, 0.1) is 0 Å². The number of carbonyl (C=O) groups excluding carboxylic acids is 1. The number of piperazine rings is 1. The number of phenolic OH excluding ortho intramolecular Hbond substituents is 1. The molecule has 0 radical (unpaired) electrons. The molecular weight excluding hydrogens is 370 g/mol. The summed E-state index contributed by atoms with van der Waals surface area (Å²) in [4.78, 5) is 24.6. The van der Waals surface area contributed by atoms with Crippen molar-refractivity contribution in [2.75, 3.05) is 19.6 Å². The average Bonchev–Trinajstić information content (AvgIpc) is 2.75. The third-order valence-electron chi connectivity index (χ3n) is 5.11. The van der Waals surface area contributed by atoms with Crippen molar-refractivity contribution in [1.29, 1.82) is 0 Å². The number of rotatable bonds is 3. The number of hydrogen-bond donors (Lipinski definition) is 4. The lowest BCUT2D eigenvalue weighted by Crippen LogP contribution is -2.54. The number of aromatic hydroxyl groups is 1. The molecule has 0 spiro atoms. The van der Waals surface area contributed by atoms with Crippen molar-refractivity contribution in [2.45, 2.75) is 13.0 Å². The quantitative estimate of drug-likeness (QED) is 0.599. The molecule has 4 rings (SSSR count). The molecule has 1 unspecified atom stereocenters. The Kier molecular flexibility index (Phi) is 4.94. The first kappa shape index (κ1) is 18.6. The fourth-order valence-electron chi connectivity index (χ4n) is 3.60. The molecule has 2 aliphatic rings. The molecule has 5 N–H and O–H groups in total. The Hall–Kier alpha value is -3.75. The molecule has 1 fully saturated rings. The Morgan fingerprint density at radius 3 is 2.79 bits per heavy atom. The van der Waals surface area contributed by atoms with Gasteiger partial charge in [-0.2, -0.15) is 0 Å². The highest BCUT2D eigenvalue weighted by Gasteiger charge is 2.31. The summed E-state index contributed by atoms with van der Waals surface area (Å²) in [5.74, 6) is 0.573. The molecule has 29 heavy (non-hydrogen) atoms. The zero-order chi connectivity index (χ0) is 20.4. The molecule has 1 atom stereocenters. The molecule has 0 saturated carbocycles. The maximum Gasteiger partial charge on any atom is 0.272 e. The molecule has 3 heterocycles. The van der Waals surface area contributed by atoms with Gasteiger partial charge in [-0.1, -0.05) is 12.1 Å². The predicted molar refractivity (Wildman–Crippen MR) is 108 cm³/mol. The van der Waals surface area contributed by atoms with Crippen LogP contribution in [-0.4, -0.2) is 56.5 Å². The van der Waals surface area contributed by atoms with E-state index in [2.05, 4.69) is 25.7 Å². The molecule has 9 nitrogen and oxygen atoms in total. The number of nitrogens with two attached hydrogens (primary N) is 1. The Balaban J connectivity index is 1.52. The molecule has 2 aromatic rings. The molecule has 1 aromatic heterocycles. The zero-order valence-corrected chi connectivity index (χ0v) is 16.0. The highest BCUT2D eigenvalue weighted by atomic mass is 16.3. The highest BCUT2D eigenvalue weighted by molar-refractivity contribution is 5.92. The van der Waals surface area contributed by atoms with E-state index in [1.54, 1.807) is 24.4 Å². The zero-order valence-electron chi connectivity index (χ0n) is 16.0. The number of aromatic nitrogens is 2. The van der Waals surface area contributed by atoms with Crippen LogP contribution >= 0.6 is 0 Å². The molecule has 2 aliphatic heterocycles. The molecule has 150 valence electrons. The molecule has 1 aromatic carbocycles. The van der Waals surface area contributed by atoms with E-state index in [9.17, 15) is 9.90 Å². The van der Waals surface area contributed by atoms with E-state index < -0.39 is 0 Å². The first-order valence-corrected chi connectivity index (χ1v) is 9.38. The van der Waals surface area contributed by atoms with Crippen LogP contribution in [0.2, 0.25) is 0 Å². The van der Waals surface area contributed by atoms with Crippen LogP contribution in [0.15, 0.2) is 60.5 Å². The Bertz CT molecular complexity index is 974. The number of hydrogen-bond acceptors (Lipinski definition) is 8. The second-order valence-electron chi connectivity index (χ2n) is 7.01. The van der Waals surface area contributed by atoms with Crippen LogP contribution in [0.5, 0.6) is 5.75 Å². The number of nitrogens with zero attached hydrogens (tertiary/aromatic N) is 4. The molecular formula is C20H23N7O2. The smallest absolute Gasteiger partial charge is 0.272 e. The van der Waals surface area contributed by atoms with E-state index in [-0.39, 0.29) is 17.7 Å². The third kappa shape index (κ3) is 3.66. The van der Waals surface area contributed by atoms with Crippen molar-refractivity contribution in [2.24, 2.45) is 5.73 Å². The summed E-state index contributed by atoms with van der Waals surface area (Å²) in [5, 5.41) is 10.1. The van der Waals surface area contributed by atoms with E-state index in [1.165, 1.54) is 6.33 Å². The van der Waals surface area contributed by atoms with Gasteiger partial charge in [-0.25, -0.2) is 9.97 Å². The third-order valence-corrected chi connectivity index (χ3v) is 5.11. The Morgan fingerprint density at radius 2 is 2.07 bits per heavy atom. The maximum atomic E-state index is 12.8. The van der Waals surface area contributed by atoms with Crippen LogP contribution in [0.1, 0.15) is 23.0 Å². The fraction of sp³-hybridized carbons (Fsp3) is 0.250. The van der Waals surface area contributed by atoms with Gasteiger partial charge in [-0.15, -0.1) is 0 Å². The van der Waals surface area contributed by atoms with E-state index in [4.69, 9.17) is 5.73 Å². The number of allylic oxidation sites excluding steroid dienone is 1. The topological polar surface area (TPSA) is 120 Å². The summed E-state index contributed by atoms with van der Waals surface area (Å²) in [6.45, 7) is 3.81. The van der Waals surface area contributed by atoms with Crippen molar-refractivity contribution >= 4 is 11.6 Å². The summed E-state index contributed by atoms with van der Waals surface area (Å²) >= 11 is 0. The summed E-state index contributed by atoms with van der Waals surface area (Å²) in [6.07, 6.45) is 4.86. The second kappa shape index (κ2) is 7.70. The predicted octanol–water partition coefficient (Wildman–Crippen LogP) is 0.605. The fourth-order valence-corrected chi connectivity index (χ4v) is 3.60. The van der Waals surface area contributed by atoms with Gasteiger partial charge >= 0.3 is 0 Å². The highest BCUT2D eigenvalue weighted by Crippen LogP contribution is 2.27. The number of nitrogens with one attached hydrogen (secondary N) is 2. The van der Waals surface area contributed by atoms with Gasteiger partial charge in [0.05, 0.1) is 11.4 Å². The van der Waals surface area contributed by atoms with Crippen LogP contribution in [0.25, 0.3) is 5.70 Å². The van der Waals surface area contributed by atoms with Crippen LogP contribution in [-0.2, 0) is 0 Å². The van der Waals surface area contributed by atoms with Gasteiger partial charge < -0.3 is 20.6 Å². The number of benzene rings is 1. The Labute approximate surface area is 168 Å². The number of amides is 1. The monoisotopic (exact) mass is 393 g/mol. The molecule has 9 heteroatoms. The van der Waals surface area contributed by atoms with Gasteiger partial charge in [0.1, 0.15) is 23.6 Å². The van der Waals surface area contributed by atoms with Crippen LogP contribution < -0.4 is 16.6 Å². The molecule has 0 aliphatic carbocycles. The lowest BCUT2D eigenvalue weighted by Gasteiger charge is -2.42. The number of phenols is 1. The minimum Gasteiger partial charge on any atom is -0.507 e. The first-order valence-electron chi connectivity index (χ1n) is 9.38. The standard InChI is InChI=1S/C20H23N7O2/c1-13-11-26(8-9-27(13)20(29)15-6-7-22-12-23-15)17-10-16(24-25-19(17)21)14-4-2-3-5-18(14)28/h2-7,10,12-13,24-25,28H,8-9,11,21H2,1H3. The first-order chi connectivity index (χ1) is 14.0.